The van der Waals surface area contributed by atoms with Crippen molar-refractivity contribution in [1.29, 1.82) is 0 Å². The van der Waals surface area contributed by atoms with Crippen LogP contribution in [-0.2, 0) is 24.4 Å². The molecule has 1 amide bonds. The molecule has 2 atom stereocenters. The number of carbonyl (C=O) groups is 1. The van der Waals surface area contributed by atoms with E-state index in [1.165, 1.54) is 5.56 Å². The fraction of sp³-hybridized carbons (Fsp3) is 0.588. The number of hydrogen-bond donors (Lipinski definition) is 0. The summed E-state index contributed by atoms with van der Waals surface area (Å²) in [5.41, 5.74) is 2.26. The van der Waals surface area contributed by atoms with Gasteiger partial charge in [0.1, 0.15) is 0 Å². The lowest BCUT2D eigenvalue weighted by Gasteiger charge is -2.24. The zero-order valence-electron chi connectivity index (χ0n) is 14.2. The number of thiazole rings is 1. The van der Waals surface area contributed by atoms with Crippen LogP contribution >= 0.6 is 11.3 Å². The molecule has 24 heavy (non-hydrogen) atoms. The summed E-state index contributed by atoms with van der Waals surface area (Å²) in [6.45, 7) is 7.59. The van der Waals surface area contributed by atoms with E-state index in [9.17, 15) is 4.79 Å². The van der Waals surface area contributed by atoms with Gasteiger partial charge in [0.15, 0.2) is 0 Å². The highest BCUT2D eigenvalue weighted by Gasteiger charge is 2.46. The molecule has 0 aliphatic carbocycles. The standard InChI is InChI=1S/C17H23N5OS/c1-3-21-9-13(7-18-21)8-20-5-4-15-16(20)6-17(23)22(15)10-14-11-24-12(2)19-14/h7,9,11,15-16H,3-6,8,10H2,1-2H3/t15-,16-/m0/s1. The zero-order valence-corrected chi connectivity index (χ0v) is 15.0. The summed E-state index contributed by atoms with van der Waals surface area (Å²) in [6.07, 6.45) is 5.75. The molecule has 2 saturated heterocycles. The van der Waals surface area contributed by atoms with Crippen molar-refractivity contribution in [1.82, 2.24) is 24.6 Å². The second-order valence-electron chi connectivity index (χ2n) is 6.68. The van der Waals surface area contributed by atoms with E-state index in [0.717, 1.165) is 36.8 Å². The highest BCUT2D eigenvalue weighted by atomic mass is 32.1. The number of amides is 1. The largest absolute Gasteiger partial charge is 0.332 e. The van der Waals surface area contributed by atoms with E-state index >= 15 is 0 Å². The molecule has 0 N–H and O–H groups in total. The van der Waals surface area contributed by atoms with Crippen molar-refractivity contribution >= 4 is 17.2 Å². The van der Waals surface area contributed by atoms with Crippen molar-refractivity contribution in [2.75, 3.05) is 6.54 Å². The maximum atomic E-state index is 12.5. The average Bonchev–Trinajstić information content (AvgIpc) is 3.31. The molecule has 2 aromatic rings. The van der Waals surface area contributed by atoms with E-state index in [2.05, 4.69) is 38.4 Å². The highest BCUT2D eigenvalue weighted by molar-refractivity contribution is 7.09. The van der Waals surface area contributed by atoms with Gasteiger partial charge >= 0.3 is 0 Å². The molecule has 0 radical (unpaired) electrons. The van der Waals surface area contributed by atoms with Crippen molar-refractivity contribution < 1.29 is 4.79 Å². The van der Waals surface area contributed by atoms with Crippen LogP contribution in [0.2, 0.25) is 0 Å². The minimum Gasteiger partial charge on any atom is -0.332 e. The summed E-state index contributed by atoms with van der Waals surface area (Å²) in [5, 5.41) is 7.49. The molecule has 0 unspecified atom stereocenters. The first kappa shape index (κ1) is 15.8. The molecule has 0 spiro atoms. The van der Waals surface area contributed by atoms with Crippen molar-refractivity contribution in [2.45, 2.75) is 58.4 Å². The van der Waals surface area contributed by atoms with Crippen LogP contribution in [0.4, 0.5) is 0 Å². The van der Waals surface area contributed by atoms with Crippen molar-refractivity contribution in [3.05, 3.63) is 34.0 Å². The van der Waals surface area contributed by atoms with Crippen molar-refractivity contribution in [2.24, 2.45) is 0 Å². The van der Waals surface area contributed by atoms with E-state index in [-0.39, 0.29) is 5.91 Å². The Labute approximate surface area is 146 Å². The van der Waals surface area contributed by atoms with Crippen LogP contribution in [-0.4, -0.2) is 49.1 Å². The van der Waals surface area contributed by atoms with Gasteiger partial charge in [-0.05, 0) is 20.3 Å². The number of aryl methyl sites for hydroxylation is 2. The normalized spacial score (nSPS) is 24.1. The average molecular weight is 345 g/mol. The molecule has 128 valence electrons. The lowest BCUT2D eigenvalue weighted by molar-refractivity contribution is -0.129. The summed E-state index contributed by atoms with van der Waals surface area (Å²) in [5.74, 6) is 0.268. The van der Waals surface area contributed by atoms with Crippen LogP contribution in [0.15, 0.2) is 17.8 Å². The third-order valence-corrected chi connectivity index (χ3v) is 5.95. The Kier molecular flexibility index (Phi) is 4.14. The molecule has 2 aliphatic rings. The summed E-state index contributed by atoms with van der Waals surface area (Å²) < 4.78 is 1.96. The van der Waals surface area contributed by atoms with E-state index in [1.807, 2.05) is 17.8 Å². The Bertz CT molecular complexity index is 739. The third kappa shape index (κ3) is 2.86. The van der Waals surface area contributed by atoms with E-state index in [4.69, 9.17) is 0 Å². The second-order valence-corrected chi connectivity index (χ2v) is 7.74. The molecule has 4 rings (SSSR count). The summed E-state index contributed by atoms with van der Waals surface area (Å²) >= 11 is 1.65. The van der Waals surface area contributed by atoms with Crippen LogP contribution in [0, 0.1) is 6.92 Å². The SMILES string of the molecule is CCn1cc(CN2CC[C@H]3[C@@H]2CC(=O)N3Cc2csc(C)n2)cn1. The van der Waals surface area contributed by atoms with Gasteiger partial charge < -0.3 is 4.90 Å². The molecule has 2 aromatic heterocycles. The Hall–Kier alpha value is -1.73. The van der Waals surface area contributed by atoms with Gasteiger partial charge in [0.05, 0.1) is 23.4 Å². The number of nitrogens with zero attached hydrogens (tertiary/aromatic N) is 5. The van der Waals surface area contributed by atoms with Crippen molar-refractivity contribution in [3.8, 4) is 0 Å². The maximum Gasteiger partial charge on any atom is 0.224 e. The molecule has 0 saturated carbocycles. The predicted octanol–water partition coefficient (Wildman–Crippen LogP) is 2.04. The molecule has 4 heterocycles. The lowest BCUT2D eigenvalue weighted by atomic mass is 10.1. The van der Waals surface area contributed by atoms with Crippen LogP contribution in [0.3, 0.4) is 0 Å². The molecule has 7 heteroatoms. The van der Waals surface area contributed by atoms with Crippen molar-refractivity contribution in [3.63, 3.8) is 0 Å². The van der Waals surface area contributed by atoms with Gasteiger partial charge in [-0.1, -0.05) is 0 Å². The van der Waals surface area contributed by atoms with Gasteiger partial charge in [0.25, 0.3) is 0 Å². The Morgan fingerprint density at radius 1 is 1.33 bits per heavy atom. The van der Waals surface area contributed by atoms with Gasteiger partial charge in [0, 0.05) is 55.3 Å². The van der Waals surface area contributed by atoms with Gasteiger partial charge in [-0.25, -0.2) is 4.98 Å². The fourth-order valence-electron chi connectivity index (χ4n) is 3.96. The number of carbonyl (C=O) groups excluding carboxylic acids is 1. The molecule has 2 aliphatic heterocycles. The van der Waals surface area contributed by atoms with E-state index < -0.39 is 0 Å². The highest BCUT2D eigenvalue weighted by Crippen LogP contribution is 2.34. The van der Waals surface area contributed by atoms with Gasteiger partial charge in [-0.15, -0.1) is 11.3 Å². The van der Waals surface area contributed by atoms with Crippen LogP contribution in [0.5, 0.6) is 0 Å². The molecule has 0 bridgehead atoms. The molecule has 0 aromatic carbocycles. The number of fused-ring (bicyclic) bond motifs is 1. The monoisotopic (exact) mass is 345 g/mol. The molecule has 6 nitrogen and oxygen atoms in total. The number of hydrogen-bond acceptors (Lipinski definition) is 5. The van der Waals surface area contributed by atoms with Gasteiger partial charge in [-0.3, -0.25) is 14.4 Å². The molecular formula is C17H23N5OS. The first-order valence-corrected chi connectivity index (χ1v) is 9.48. The second kappa shape index (κ2) is 6.29. The first-order valence-electron chi connectivity index (χ1n) is 8.60. The van der Waals surface area contributed by atoms with E-state index in [1.54, 1.807) is 11.3 Å². The van der Waals surface area contributed by atoms with Crippen LogP contribution < -0.4 is 0 Å². The fourth-order valence-corrected chi connectivity index (χ4v) is 4.57. The summed E-state index contributed by atoms with van der Waals surface area (Å²) in [6, 6.07) is 0.669. The van der Waals surface area contributed by atoms with Gasteiger partial charge in [-0.2, -0.15) is 5.10 Å². The van der Waals surface area contributed by atoms with Crippen LogP contribution in [0.1, 0.15) is 36.0 Å². The number of aromatic nitrogens is 3. The third-order valence-electron chi connectivity index (χ3n) is 5.12. The lowest BCUT2D eigenvalue weighted by Crippen LogP contribution is -2.36. The van der Waals surface area contributed by atoms with E-state index in [0.29, 0.717) is 25.0 Å². The van der Waals surface area contributed by atoms with Crippen LogP contribution in [0.25, 0.3) is 0 Å². The maximum absolute atomic E-state index is 12.5. The zero-order chi connectivity index (χ0) is 16.7. The Morgan fingerprint density at radius 3 is 2.92 bits per heavy atom. The minimum absolute atomic E-state index is 0.268. The summed E-state index contributed by atoms with van der Waals surface area (Å²) in [4.78, 5) is 21.5. The quantitative estimate of drug-likeness (QED) is 0.832. The predicted molar refractivity (Wildman–Crippen MR) is 92.5 cm³/mol. The first-order chi connectivity index (χ1) is 11.6. The topological polar surface area (TPSA) is 54.3 Å². The Morgan fingerprint density at radius 2 is 2.21 bits per heavy atom. The molecule has 2 fully saturated rings. The summed E-state index contributed by atoms with van der Waals surface area (Å²) in [7, 11) is 0. The van der Waals surface area contributed by atoms with Gasteiger partial charge in [0.2, 0.25) is 5.91 Å². The Balaban J connectivity index is 1.44. The smallest absolute Gasteiger partial charge is 0.224 e. The number of rotatable bonds is 5. The minimum atomic E-state index is 0.268. The number of likely N-dealkylation sites (tertiary alicyclic amines) is 2. The molecular weight excluding hydrogens is 322 g/mol.